The van der Waals surface area contributed by atoms with Gasteiger partial charge in [0.05, 0.1) is 6.54 Å². The summed E-state index contributed by atoms with van der Waals surface area (Å²) in [6.07, 6.45) is 4.20. The molecule has 1 aliphatic rings. The van der Waals surface area contributed by atoms with E-state index in [-0.39, 0.29) is 23.4 Å². The maximum absolute atomic E-state index is 12.8. The van der Waals surface area contributed by atoms with E-state index < -0.39 is 0 Å². The summed E-state index contributed by atoms with van der Waals surface area (Å²) in [5.74, 6) is -0.378. The van der Waals surface area contributed by atoms with Crippen molar-refractivity contribution in [2.75, 3.05) is 25.0 Å². The normalized spacial score (nSPS) is 15.2. The highest BCUT2D eigenvalue weighted by atomic mass is 16.2. The van der Waals surface area contributed by atoms with Gasteiger partial charge in [-0.2, -0.15) is 5.26 Å². The molecule has 2 N–H and O–H groups in total. The molecule has 1 fully saturated rings. The first-order valence-corrected chi connectivity index (χ1v) is 11.6. The molecule has 0 saturated carbocycles. The molecule has 7 heteroatoms. The third-order valence-electron chi connectivity index (χ3n) is 6.07. The quantitative estimate of drug-likeness (QED) is 0.478. The van der Waals surface area contributed by atoms with E-state index in [0.717, 1.165) is 61.5 Å². The monoisotopic (exact) mass is 447 g/mol. The minimum absolute atomic E-state index is 0.00444. The Bertz CT molecular complexity index is 1040. The summed E-state index contributed by atoms with van der Waals surface area (Å²) >= 11 is 0. The standard InChI is InChI=1S/C26H33N5O2/c1-4-12-31-19(2)15-21(20(31)3)16-22(17-27)26(33)29-24-10-13-30(14-11-24)18-25(32)28-23-8-6-5-7-9-23/h5-9,15-16,24H,4,10-14,18H2,1-3H3,(H,28,32)(H,29,33)/b22-16+. The first-order chi connectivity index (χ1) is 15.9. The number of amides is 2. The summed E-state index contributed by atoms with van der Waals surface area (Å²) in [5, 5.41) is 15.5. The Hall–Kier alpha value is -3.37. The number of carbonyl (C=O) groups is 2. The zero-order chi connectivity index (χ0) is 23.8. The molecule has 1 aromatic heterocycles. The van der Waals surface area contributed by atoms with Crippen LogP contribution in [0.1, 0.15) is 43.1 Å². The fourth-order valence-electron chi connectivity index (χ4n) is 4.27. The zero-order valence-electron chi connectivity index (χ0n) is 19.7. The topological polar surface area (TPSA) is 90.2 Å². The van der Waals surface area contributed by atoms with Gasteiger partial charge >= 0.3 is 0 Å². The van der Waals surface area contributed by atoms with Crippen molar-refractivity contribution in [3.63, 3.8) is 0 Å². The Balaban J connectivity index is 1.52. The second-order valence-corrected chi connectivity index (χ2v) is 8.59. The summed E-state index contributed by atoms with van der Waals surface area (Å²) < 4.78 is 2.21. The summed E-state index contributed by atoms with van der Waals surface area (Å²) in [4.78, 5) is 27.1. The molecule has 1 saturated heterocycles. The Kier molecular flexibility index (Phi) is 8.45. The van der Waals surface area contributed by atoms with Gasteiger partial charge < -0.3 is 15.2 Å². The number of nitrogens with one attached hydrogen (secondary N) is 2. The van der Waals surface area contributed by atoms with Crippen LogP contribution < -0.4 is 10.6 Å². The van der Waals surface area contributed by atoms with Crippen LogP contribution in [0.2, 0.25) is 0 Å². The summed E-state index contributed by atoms with van der Waals surface area (Å²) in [6, 6.07) is 13.5. The van der Waals surface area contributed by atoms with Crippen LogP contribution in [0.3, 0.4) is 0 Å². The number of para-hydroxylation sites is 1. The molecule has 3 rings (SSSR count). The third-order valence-corrected chi connectivity index (χ3v) is 6.07. The highest BCUT2D eigenvalue weighted by molar-refractivity contribution is 6.02. The molecule has 0 aliphatic carbocycles. The van der Waals surface area contributed by atoms with E-state index in [2.05, 4.69) is 33.1 Å². The van der Waals surface area contributed by atoms with E-state index in [4.69, 9.17) is 0 Å². The maximum atomic E-state index is 12.8. The first-order valence-electron chi connectivity index (χ1n) is 11.6. The number of aryl methyl sites for hydroxylation is 1. The molecule has 2 heterocycles. The van der Waals surface area contributed by atoms with Gasteiger partial charge in [-0.1, -0.05) is 25.1 Å². The van der Waals surface area contributed by atoms with Crippen LogP contribution in [0.25, 0.3) is 6.08 Å². The minimum atomic E-state index is -0.335. The van der Waals surface area contributed by atoms with Gasteiger partial charge in [-0.05, 0) is 62.9 Å². The van der Waals surface area contributed by atoms with E-state index in [1.807, 2.05) is 50.2 Å². The van der Waals surface area contributed by atoms with Gasteiger partial charge in [-0.3, -0.25) is 14.5 Å². The summed E-state index contributed by atoms with van der Waals surface area (Å²) in [7, 11) is 0. The molecule has 2 amide bonds. The molecule has 0 radical (unpaired) electrons. The molecule has 0 bridgehead atoms. The molecule has 0 unspecified atom stereocenters. The Labute approximate surface area is 196 Å². The van der Waals surface area contributed by atoms with E-state index >= 15 is 0 Å². The number of nitrogens with zero attached hydrogens (tertiary/aromatic N) is 3. The van der Waals surface area contributed by atoms with Crippen LogP contribution in [0.4, 0.5) is 5.69 Å². The van der Waals surface area contributed by atoms with Crippen LogP contribution in [0, 0.1) is 25.2 Å². The lowest BCUT2D eigenvalue weighted by molar-refractivity contribution is -0.119. The fourth-order valence-corrected chi connectivity index (χ4v) is 4.27. The van der Waals surface area contributed by atoms with Crippen molar-refractivity contribution >= 4 is 23.6 Å². The average Bonchev–Trinajstić information content (AvgIpc) is 3.07. The maximum Gasteiger partial charge on any atom is 0.262 e. The number of likely N-dealkylation sites (tertiary alicyclic amines) is 1. The molecular formula is C26H33N5O2. The molecule has 0 spiro atoms. The van der Waals surface area contributed by atoms with Gasteiger partial charge in [0, 0.05) is 42.8 Å². The number of hydrogen-bond acceptors (Lipinski definition) is 4. The predicted molar refractivity (Wildman–Crippen MR) is 130 cm³/mol. The van der Waals surface area contributed by atoms with Crippen molar-refractivity contribution in [3.8, 4) is 6.07 Å². The molecular weight excluding hydrogens is 414 g/mol. The molecule has 174 valence electrons. The van der Waals surface area contributed by atoms with Crippen LogP contribution in [-0.2, 0) is 16.1 Å². The highest BCUT2D eigenvalue weighted by Gasteiger charge is 2.23. The largest absolute Gasteiger partial charge is 0.349 e. The van der Waals surface area contributed by atoms with E-state index in [0.29, 0.717) is 6.54 Å². The number of rotatable bonds is 8. The second kappa shape index (κ2) is 11.5. The Morgan fingerprint density at radius 3 is 2.52 bits per heavy atom. The van der Waals surface area contributed by atoms with Gasteiger partial charge in [0.25, 0.3) is 5.91 Å². The number of aromatic nitrogens is 1. The van der Waals surface area contributed by atoms with E-state index in [1.54, 1.807) is 6.08 Å². The third kappa shape index (κ3) is 6.56. The predicted octanol–water partition coefficient (Wildman–Crippen LogP) is 3.64. The van der Waals surface area contributed by atoms with Crippen molar-refractivity contribution < 1.29 is 9.59 Å². The van der Waals surface area contributed by atoms with Gasteiger partial charge in [-0.15, -0.1) is 0 Å². The fraction of sp³-hybridized carbons (Fsp3) is 0.423. The summed E-state index contributed by atoms with van der Waals surface area (Å²) in [5.41, 5.74) is 4.01. The van der Waals surface area contributed by atoms with Crippen molar-refractivity contribution in [2.45, 2.75) is 52.6 Å². The number of benzene rings is 1. The molecule has 7 nitrogen and oxygen atoms in total. The first kappa shape index (κ1) is 24.3. The van der Waals surface area contributed by atoms with Crippen LogP contribution in [0.15, 0.2) is 42.0 Å². The minimum Gasteiger partial charge on any atom is -0.349 e. The van der Waals surface area contributed by atoms with E-state index in [9.17, 15) is 14.9 Å². The number of hydrogen-bond donors (Lipinski definition) is 2. The Morgan fingerprint density at radius 2 is 1.88 bits per heavy atom. The second-order valence-electron chi connectivity index (χ2n) is 8.59. The average molecular weight is 448 g/mol. The molecule has 33 heavy (non-hydrogen) atoms. The molecule has 1 aliphatic heterocycles. The van der Waals surface area contributed by atoms with Crippen LogP contribution >= 0.6 is 0 Å². The summed E-state index contributed by atoms with van der Waals surface area (Å²) in [6.45, 7) is 8.87. The number of carbonyl (C=O) groups excluding carboxylic acids is 2. The highest BCUT2D eigenvalue weighted by Crippen LogP contribution is 2.19. The molecule has 2 aromatic rings. The SMILES string of the molecule is CCCn1c(C)cc(/C=C(\C#N)C(=O)NC2CCN(CC(=O)Nc3ccccc3)CC2)c1C. The van der Waals surface area contributed by atoms with E-state index in [1.165, 1.54) is 0 Å². The molecule has 0 atom stereocenters. The zero-order valence-corrected chi connectivity index (χ0v) is 19.7. The van der Waals surface area contributed by atoms with Gasteiger partial charge in [0.15, 0.2) is 0 Å². The van der Waals surface area contributed by atoms with Crippen molar-refractivity contribution in [2.24, 2.45) is 0 Å². The van der Waals surface area contributed by atoms with Gasteiger partial charge in [0.2, 0.25) is 5.91 Å². The van der Waals surface area contributed by atoms with Crippen LogP contribution in [-0.4, -0.2) is 47.0 Å². The van der Waals surface area contributed by atoms with Crippen molar-refractivity contribution in [1.82, 2.24) is 14.8 Å². The van der Waals surface area contributed by atoms with Crippen molar-refractivity contribution in [1.29, 1.82) is 5.26 Å². The Morgan fingerprint density at radius 1 is 1.18 bits per heavy atom. The molecule has 1 aromatic carbocycles. The van der Waals surface area contributed by atoms with Crippen LogP contribution in [0.5, 0.6) is 0 Å². The van der Waals surface area contributed by atoms with Gasteiger partial charge in [-0.25, -0.2) is 0 Å². The van der Waals surface area contributed by atoms with Gasteiger partial charge in [0.1, 0.15) is 11.6 Å². The smallest absolute Gasteiger partial charge is 0.262 e. The lowest BCUT2D eigenvalue weighted by atomic mass is 10.0. The lowest BCUT2D eigenvalue weighted by Gasteiger charge is -2.31. The number of nitriles is 1. The number of piperidine rings is 1. The van der Waals surface area contributed by atoms with Crippen molar-refractivity contribution in [3.05, 3.63) is 58.9 Å². The lowest BCUT2D eigenvalue weighted by Crippen LogP contribution is -2.46. The number of anilines is 1.